The third-order valence-electron chi connectivity index (χ3n) is 2.87. The lowest BCUT2D eigenvalue weighted by molar-refractivity contribution is 0.720. The minimum absolute atomic E-state index is 0.688. The van der Waals surface area contributed by atoms with Gasteiger partial charge in [-0.1, -0.05) is 0 Å². The molecule has 0 aliphatic carbocycles. The lowest BCUT2D eigenvalue weighted by Crippen LogP contribution is -2.07. The van der Waals surface area contributed by atoms with Crippen LogP contribution in [0.1, 0.15) is 11.4 Å². The van der Waals surface area contributed by atoms with Gasteiger partial charge in [-0.15, -0.1) is 0 Å². The molecule has 3 aromatic heterocycles. The first-order valence-electron chi connectivity index (χ1n) is 5.76. The minimum Gasteiger partial charge on any atom is -0.363 e. The maximum atomic E-state index is 4.36. The first kappa shape index (κ1) is 10.8. The Morgan fingerprint density at radius 2 is 2.22 bits per heavy atom. The van der Waals surface area contributed by atoms with Crippen molar-refractivity contribution in [2.75, 3.05) is 5.32 Å². The lowest BCUT2D eigenvalue weighted by Gasteiger charge is -2.06. The van der Waals surface area contributed by atoms with Crippen LogP contribution in [0.3, 0.4) is 0 Å². The maximum Gasteiger partial charge on any atom is 0.152 e. The van der Waals surface area contributed by atoms with Gasteiger partial charge < -0.3 is 5.32 Å². The van der Waals surface area contributed by atoms with Gasteiger partial charge in [0.05, 0.1) is 17.9 Å². The van der Waals surface area contributed by atoms with E-state index in [2.05, 4.69) is 20.5 Å². The van der Waals surface area contributed by atoms with Gasteiger partial charge in [-0.3, -0.25) is 4.68 Å². The number of aromatic nitrogens is 5. The van der Waals surface area contributed by atoms with Gasteiger partial charge in [-0.25, -0.2) is 9.50 Å². The van der Waals surface area contributed by atoms with Crippen LogP contribution in [0, 0.1) is 6.92 Å². The smallest absolute Gasteiger partial charge is 0.152 e. The summed E-state index contributed by atoms with van der Waals surface area (Å²) in [4.78, 5) is 4.35. The molecule has 0 amide bonds. The van der Waals surface area contributed by atoms with Crippen LogP contribution in [0.15, 0.2) is 30.7 Å². The first-order valence-corrected chi connectivity index (χ1v) is 5.76. The molecule has 0 radical (unpaired) electrons. The highest BCUT2D eigenvalue weighted by atomic mass is 15.3. The van der Waals surface area contributed by atoms with Crippen LogP contribution in [0.2, 0.25) is 0 Å². The van der Waals surface area contributed by atoms with Gasteiger partial charge in [-0.2, -0.15) is 10.2 Å². The Bertz CT molecular complexity index is 681. The summed E-state index contributed by atoms with van der Waals surface area (Å²) in [6, 6.07) is 3.99. The van der Waals surface area contributed by atoms with Gasteiger partial charge in [0, 0.05) is 25.6 Å². The fourth-order valence-corrected chi connectivity index (χ4v) is 1.93. The SMILES string of the molecule is Cc1cc2c(NCc3ccnn3C)nccn2n1. The quantitative estimate of drug-likeness (QED) is 0.754. The molecular formula is C12H14N6. The van der Waals surface area contributed by atoms with Gasteiger partial charge in [0.25, 0.3) is 0 Å². The Balaban J connectivity index is 1.88. The van der Waals surface area contributed by atoms with Crippen LogP contribution in [-0.4, -0.2) is 24.4 Å². The van der Waals surface area contributed by atoms with E-state index in [0.717, 1.165) is 22.7 Å². The summed E-state index contributed by atoms with van der Waals surface area (Å²) >= 11 is 0. The molecule has 0 saturated carbocycles. The molecule has 18 heavy (non-hydrogen) atoms. The van der Waals surface area contributed by atoms with Crippen molar-refractivity contribution in [2.24, 2.45) is 7.05 Å². The summed E-state index contributed by atoms with van der Waals surface area (Å²) in [5, 5.41) is 11.8. The van der Waals surface area contributed by atoms with Crippen molar-refractivity contribution in [1.82, 2.24) is 24.4 Å². The maximum absolute atomic E-state index is 4.36. The molecule has 6 nitrogen and oxygen atoms in total. The van der Waals surface area contributed by atoms with Crippen LogP contribution < -0.4 is 5.32 Å². The highest BCUT2D eigenvalue weighted by Gasteiger charge is 2.05. The zero-order valence-electron chi connectivity index (χ0n) is 10.3. The molecule has 0 fully saturated rings. The fourth-order valence-electron chi connectivity index (χ4n) is 1.93. The number of hydrogen-bond acceptors (Lipinski definition) is 4. The van der Waals surface area contributed by atoms with E-state index in [9.17, 15) is 0 Å². The highest BCUT2D eigenvalue weighted by molar-refractivity contribution is 5.67. The van der Waals surface area contributed by atoms with E-state index in [0.29, 0.717) is 6.54 Å². The van der Waals surface area contributed by atoms with E-state index in [-0.39, 0.29) is 0 Å². The lowest BCUT2D eigenvalue weighted by atomic mass is 10.4. The summed E-state index contributed by atoms with van der Waals surface area (Å²) in [6.07, 6.45) is 5.37. The van der Waals surface area contributed by atoms with E-state index in [1.807, 2.05) is 41.5 Å². The van der Waals surface area contributed by atoms with E-state index in [1.165, 1.54) is 0 Å². The molecule has 3 rings (SSSR count). The monoisotopic (exact) mass is 242 g/mol. The molecule has 6 heteroatoms. The Hall–Kier alpha value is -2.37. The first-order chi connectivity index (χ1) is 8.74. The number of fused-ring (bicyclic) bond motifs is 1. The standard InChI is InChI=1S/C12H14N6/c1-9-7-11-12(13-5-6-18(11)16-9)14-8-10-3-4-15-17(10)2/h3-7H,8H2,1-2H3,(H,13,14). The average Bonchev–Trinajstić information content (AvgIpc) is 2.91. The summed E-state index contributed by atoms with van der Waals surface area (Å²) in [7, 11) is 1.92. The number of nitrogens with one attached hydrogen (secondary N) is 1. The number of anilines is 1. The highest BCUT2D eigenvalue weighted by Crippen LogP contribution is 2.15. The van der Waals surface area contributed by atoms with Crippen LogP contribution >= 0.6 is 0 Å². The number of rotatable bonds is 3. The number of hydrogen-bond donors (Lipinski definition) is 1. The topological polar surface area (TPSA) is 60.0 Å². The van der Waals surface area contributed by atoms with Crippen LogP contribution in [0.5, 0.6) is 0 Å². The van der Waals surface area contributed by atoms with Crippen LogP contribution in [0.4, 0.5) is 5.82 Å². The normalized spacial score (nSPS) is 11.0. The van der Waals surface area contributed by atoms with Crippen molar-refractivity contribution in [3.05, 3.63) is 42.1 Å². The Labute approximate surface area is 104 Å². The second-order valence-electron chi connectivity index (χ2n) is 4.19. The molecule has 0 atom stereocenters. The van der Waals surface area contributed by atoms with Crippen LogP contribution in [-0.2, 0) is 13.6 Å². The Morgan fingerprint density at radius 3 is 3.00 bits per heavy atom. The van der Waals surface area contributed by atoms with Crippen molar-refractivity contribution < 1.29 is 0 Å². The molecule has 0 bridgehead atoms. The largest absolute Gasteiger partial charge is 0.363 e. The Kier molecular flexibility index (Phi) is 2.47. The molecule has 0 spiro atoms. The molecule has 3 heterocycles. The number of nitrogens with zero attached hydrogens (tertiary/aromatic N) is 5. The second-order valence-corrected chi connectivity index (χ2v) is 4.19. The van der Waals surface area contributed by atoms with Crippen molar-refractivity contribution in [3.63, 3.8) is 0 Å². The van der Waals surface area contributed by atoms with Gasteiger partial charge >= 0.3 is 0 Å². The fraction of sp³-hybridized carbons (Fsp3) is 0.250. The summed E-state index contributed by atoms with van der Waals surface area (Å²) in [6.45, 7) is 2.66. The molecule has 0 aliphatic heterocycles. The predicted octanol–water partition coefficient (Wildman–Crippen LogP) is 1.38. The van der Waals surface area contributed by atoms with Gasteiger partial charge in [-0.05, 0) is 19.1 Å². The van der Waals surface area contributed by atoms with Crippen molar-refractivity contribution in [3.8, 4) is 0 Å². The zero-order valence-corrected chi connectivity index (χ0v) is 10.3. The third-order valence-corrected chi connectivity index (χ3v) is 2.87. The molecule has 92 valence electrons. The van der Waals surface area contributed by atoms with E-state index in [1.54, 1.807) is 12.4 Å². The summed E-state index contributed by atoms with van der Waals surface area (Å²) in [5.41, 5.74) is 3.07. The summed E-state index contributed by atoms with van der Waals surface area (Å²) in [5.74, 6) is 0.833. The van der Waals surface area contributed by atoms with Gasteiger partial charge in [0.2, 0.25) is 0 Å². The zero-order chi connectivity index (χ0) is 12.5. The van der Waals surface area contributed by atoms with Gasteiger partial charge in [0.1, 0.15) is 5.52 Å². The van der Waals surface area contributed by atoms with Crippen molar-refractivity contribution in [2.45, 2.75) is 13.5 Å². The predicted molar refractivity (Wildman–Crippen MR) is 68.3 cm³/mol. The molecule has 0 aromatic carbocycles. The molecule has 0 unspecified atom stereocenters. The molecule has 0 aliphatic rings. The molecule has 0 saturated heterocycles. The minimum atomic E-state index is 0.688. The van der Waals surface area contributed by atoms with E-state index in [4.69, 9.17) is 0 Å². The van der Waals surface area contributed by atoms with E-state index >= 15 is 0 Å². The molecule has 3 aromatic rings. The summed E-state index contributed by atoms with van der Waals surface area (Å²) < 4.78 is 3.67. The average molecular weight is 242 g/mol. The van der Waals surface area contributed by atoms with Crippen molar-refractivity contribution >= 4 is 11.3 Å². The molecule has 1 N–H and O–H groups in total. The van der Waals surface area contributed by atoms with Gasteiger partial charge in [0.15, 0.2) is 5.82 Å². The van der Waals surface area contributed by atoms with Crippen LogP contribution in [0.25, 0.3) is 5.52 Å². The van der Waals surface area contributed by atoms with E-state index < -0.39 is 0 Å². The molecular weight excluding hydrogens is 228 g/mol. The third kappa shape index (κ3) is 1.81. The Morgan fingerprint density at radius 1 is 1.33 bits per heavy atom. The number of aryl methyl sites for hydroxylation is 2. The van der Waals surface area contributed by atoms with Crippen molar-refractivity contribution in [1.29, 1.82) is 0 Å². The second kappa shape index (κ2) is 4.14.